The summed E-state index contributed by atoms with van der Waals surface area (Å²) in [5, 5.41) is 0. The average molecular weight is 356 g/mol. The zero-order chi connectivity index (χ0) is 17.8. The van der Waals surface area contributed by atoms with E-state index in [1.54, 1.807) is 24.5 Å². The van der Waals surface area contributed by atoms with E-state index in [-0.39, 0.29) is 11.5 Å². The second-order valence-corrected chi connectivity index (χ2v) is 6.99. The molecule has 138 valence electrons. The Morgan fingerprint density at radius 3 is 2.92 bits per heavy atom. The number of piperidine rings is 1. The molecule has 4 heterocycles. The highest BCUT2D eigenvalue weighted by atomic mass is 16.5. The second kappa shape index (κ2) is 7.50. The summed E-state index contributed by atoms with van der Waals surface area (Å²) in [4.78, 5) is 18.4. The molecule has 0 aromatic carbocycles. The molecule has 0 N–H and O–H groups in total. The smallest absolute Gasteiger partial charge is 0.289 e. The van der Waals surface area contributed by atoms with Crippen LogP contribution < -0.4 is 4.74 Å². The third kappa shape index (κ3) is 3.46. The van der Waals surface area contributed by atoms with Crippen LogP contribution in [0, 0.1) is 5.92 Å². The first-order valence-electron chi connectivity index (χ1n) is 9.26. The lowest BCUT2D eigenvalue weighted by molar-refractivity contribution is -0.0651. The molecule has 1 atom stereocenters. The quantitative estimate of drug-likeness (QED) is 0.823. The Kier molecular flexibility index (Phi) is 4.93. The lowest BCUT2D eigenvalue weighted by atomic mass is 9.78. The Labute approximate surface area is 153 Å². The monoisotopic (exact) mass is 356 g/mol. The first kappa shape index (κ1) is 17.1. The number of carbonyl (C=O) groups is 1. The molecule has 1 amide bonds. The maximum atomic E-state index is 12.4. The van der Waals surface area contributed by atoms with Crippen molar-refractivity contribution >= 4 is 5.91 Å². The van der Waals surface area contributed by atoms with Gasteiger partial charge >= 0.3 is 0 Å². The van der Waals surface area contributed by atoms with Crippen LogP contribution in [0.4, 0.5) is 0 Å². The summed E-state index contributed by atoms with van der Waals surface area (Å²) in [6.07, 6.45) is 8.78. The van der Waals surface area contributed by atoms with Gasteiger partial charge in [-0.3, -0.25) is 9.78 Å². The van der Waals surface area contributed by atoms with Crippen molar-refractivity contribution in [2.75, 3.05) is 26.3 Å². The lowest BCUT2D eigenvalue weighted by Crippen LogP contribution is -2.49. The molecule has 0 unspecified atom stereocenters. The number of hydrogen-bond acceptors (Lipinski definition) is 5. The zero-order valence-electron chi connectivity index (χ0n) is 14.8. The summed E-state index contributed by atoms with van der Waals surface area (Å²) in [5.41, 5.74) is -0.113. The minimum absolute atomic E-state index is 0.0284. The highest BCUT2D eigenvalue weighted by Gasteiger charge is 2.46. The van der Waals surface area contributed by atoms with Crippen molar-refractivity contribution in [3.05, 3.63) is 48.7 Å². The van der Waals surface area contributed by atoms with Gasteiger partial charge in [0.15, 0.2) is 5.76 Å². The zero-order valence-corrected chi connectivity index (χ0v) is 14.8. The van der Waals surface area contributed by atoms with Gasteiger partial charge in [-0.1, -0.05) is 0 Å². The Morgan fingerprint density at radius 1 is 1.31 bits per heavy atom. The van der Waals surface area contributed by atoms with Crippen LogP contribution in [0.5, 0.6) is 5.75 Å². The number of nitrogens with zero attached hydrogens (tertiary/aromatic N) is 2. The van der Waals surface area contributed by atoms with Gasteiger partial charge in [-0.25, -0.2) is 0 Å². The van der Waals surface area contributed by atoms with Crippen LogP contribution in [0.2, 0.25) is 0 Å². The van der Waals surface area contributed by atoms with E-state index in [0.29, 0.717) is 31.4 Å². The van der Waals surface area contributed by atoms with E-state index in [9.17, 15) is 4.79 Å². The van der Waals surface area contributed by atoms with Crippen LogP contribution >= 0.6 is 0 Å². The van der Waals surface area contributed by atoms with E-state index in [1.807, 2.05) is 17.0 Å². The van der Waals surface area contributed by atoms with E-state index in [4.69, 9.17) is 13.9 Å². The number of pyridine rings is 1. The van der Waals surface area contributed by atoms with E-state index >= 15 is 0 Å². The highest BCUT2D eigenvalue weighted by Crippen LogP contribution is 2.42. The van der Waals surface area contributed by atoms with Gasteiger partial charge in [-0.2, -0.15) is 0 Å². The summed E-state index contributed by atoms with van der Waals surface area (Å²) in [6.45, 7) is 2.87. The first-order valence-corrected chi connectivity index (χ1v) is 9.26. The molecule has 4 rings (SSSR count). The van der Waals surface area contributed by atoms with Gasteiger partial charge in [0.05, 0.1) is 24.7 Å². The average Bonchev–Trinajstić information content (AvgIpc) is 3.34. The van der Waals surface area contributed by atoms with Crippen LogP contribution in [0.15, 0.2) is 47.3 Å². The molecule has 2 aromatic rings. The van der Waals surface area contributed by atoms with Gasteiger partial charge in [-0.15, -0.1) is 0 Å². The van der Waals surface area contributed by atoms with Crippen molar-refractivity contribution in [3.63, 3.8) is 0 Å². The lowest BCUT2D eigenvalue weighted by Gasteiger charge is -2.42. The molecular weight excluding hydrogens is 332 g/mol. The molecule has 2 saturated heterocycles. The van der Waals surface area contributed by atoms with Crippen molar-refractivity contribution in [2.45, 2.75) is 31.3 Å². The fourth-order valence-electron chi connectivity index (χ4n) is 4.14. The molecular formula is C20H24N2O4. The van der Waals surface area contributed by atoms with E-state index in [0.717, 1.165) is 38.0 Å². The standard InChI is InChI=1S/C20H24N2O4/c23-19(18-4-2-12-25-18)22-10-7-20(8-11-22)16(6-14-26-20)5-13-24-17-3-1-9-21-15-17/h1-4,9,12,15-16H,5-8,10-11,13-14H2/t16-/m1/s1. The molecule has 0 aliphatic carbocycles. The van der Waals surface area contributed by atoms with Gasteiger partial charge in [0.25, 0.3) is 5.91 Å². The van der Waals surface area contributed by atoms with E-state index < -0.39 is 0 Å². The molecule has 2 aliphatic rings. The minimum atomic E-state index is -0.113. The number of aromatic nitrogens is 1. The Balaban J connectivity index is 1.31. The molecule has 0 radical (unpaired) electrons. The van der Waals surface area contributed by atoms with Gasteiger partial charge in [0.1, 0.15) is 5.75 Å². The van der Waals surface area contributed by atoms with E-state index in [1.165, 1.54) is 6.26 Å². The van der Waals surface area contributed by atoms with Crippen LogP contribution in [0.25, 0.3) is 0 Å². The van der Waals surface area contributed by atoms with Crippen LogP contribution in [-0.2, 0) is 4.74 Å². The second-order valence-electron chi connectivity index (χ2n) is 6.99. The first-order chi connectivity index (χ1) is 12.8. The van der Waals surface area contributed by atoms with E-state index in [2.05, 4.69) is 4.98 Å². The predicted molar refractivity (Wildman–Crippen MR) is 95.0 cm³/mol. The van der Waals surface area contributed by atoms with Gasteiger partial charge < -0.3 is 18.8 Å². The number of amides is 1. The Bertz CT molecular complexity index is 709. The normalized spacial score (nSPS) is 21.8. The van der Waals surface area contributed by atoms with Crippen LogP contribution in [0.1, 0.15) is 36.2 Å². The van der Waals surface area contributed by atoms with Crippen molar-refractivity contribution in [2.24, 2.45) is 5.92 Å². The van der Waals surface area contributed by atoms with Crippen molar-refractivity contribution < 1.29 is 18.7 Å². The molecule has 1 spiro atoms. The number of ether oxygens (including phenoxy) is 2. The fraction of sp³-hybridized carbons (Fsp3) is 0.500. The van der Waals surface area contributed by atoms with Gasteiger partial charge in [0, 0.05) is 25.9 Å². The minimum Gasteiger partial charge on any atom is -0.492 e. The summed E-state index contributed by atoms with van der Waals surface area (Å²) in [6, 6.07) is 7.27. The SMILES string of the molecule is O=C(c1ccco1)N1CCC2(CC1)OCC[C@H]2CCOc1cccnc1. The molecule has 2 aromatic heterocycles. The number of likely N-dealkylation sites (tertiary alicyclic amines) is 1. The molecule has 6 heteroatoms. The molecule has 6 nitrogen and oxygen atoms in total. The Hall–Kier alpha value is -2.34. The van der Waals surface area contributed by atoms with Crippen molar-refractivity contribution in [1.29, 1.82) is 0 Å². The summed E-state index contributed by atoms with van der Waals surface area (Å²) < 4.78 is 17.2. The number of rotatable bonds is 5. The number of hydrogen-bond donors (Lipinski definition) is 0. The summed E-state index contributed by atoms with van der Waals surface area (Å²) in [7, 11) is 0. The Morgan fingerprint density at radius 2 is 2.19 bits per heavy atom. The fourth-order valence-corrected chi connectivity index (χ4v) is 4.14. The predicted octanol–water partition coefficient (Wildman–Crippen LogP) is 3.16. The molecule has 26 heavy (non-hydrogen) atoms. The van der Waals surface area contributed by atoms with Crippen LogP contribution in [-0.4, -0.2) is 47.7 Å². The third-order valence-corrected chi connectivity index (χ3v) is 5.60. The van der Waals surface area contributed by atoms with Gasteiger partial charge in [0.2, 0.25) is 0 Å². The summed E-state index contributed by atoms with van der Waals surface area (Å²) >= 11 is 0. The highest BCUT2D eigenvalue weighted by molar-refractivity contribution is 5.91. The topological polar surface area (TPSA) is 64.8 Å². The molecule has 0 bridgehead atoms. The van der Waals surface area contributed by atoms with Crippen molar-refractivity contribution in [3.8, 4) is 5.75 Å². The molecule has 0 saturated carbocycles. The maximum Gasteiger partial charge on any atom is 0.289 e. The molecule has 2 fully saturated rings. The number of carbonyl (C=O) groups excluding carboxylic acids is 1. The maximum absolute atomic E-state index is 12.4. The van der Waals surface area contributed by atoms with Gasteiger partial charge in [-0.05, 0) is 55.9 Å². The van der Waals surface area contributed by atoms with Crippen molar-refractivity contribution in [1.82, 2.24) is 9.88 Å². The molecule has 2 aliphatic heterocycles. The van der Waals surface area contributed by atoms with Crippen LogP contribution in [0.3, 0.4) is 0 Å². The number of furan rings is 1. The summed E-state index contributed by atoms with van der Waals surface area (Å²) in [5.74, 6) is 1.66. The largest absolute Gasteiger partial charge is 0.492 e. The third-order valence-electron chi connectivity index (χ3n) is 5.60.